The van der Waals surface area contributed by atoms with Crippen LogP contribution >= 0.6 is 23.4 Å². The average molecular weight is 290 g/mol. The number of nitrogens with one attached hydrogen (secondary N) is 1. The molecule has 1 N–H and O–H groups in total. The van der Waals surface area contributed by atoms with E-state index >= 15 is 0 Å². The first-order valence-corrected chi connectivity index (χ1v) is 7.84. The quantitative estimate of drug-likeness (QED) is 0.868. The summed E-state index contributed by atoms with van der Waals surface area (Å²) < 4.78 is 0. The van der Waals surface area contributed by atoms with Crippen LogP contribution in [0.1, 0.15) is 30.1 Å². The highest BCUT2D eigenvalue weighted by Crippen LogP contribution is 2.39. The van der Waals surface area contributed by atoms with E-state index in [1.165, 1.54) is 16.0 Å². The Balaban J connectivity index is 1.78. The topological polar surface area (TPSA) is 12.0 Å². The monoisotopic (exact) mass is 289 g/mol. The molecule has 2 aromatic rings. The Hall–Kier alpha value is -0.960. The van der Waals surface area contributed by atoms with Crippen LogP contribution in [0.25, 0.3) is 0 Å². The summed E-state index contributed by atoms with van der Waals surface area (Å²) in [6.45, 7) is 2.17. The Bertz CT molecular complexity index is 584. The number of hydrogen-bond acceptors (Lipinski definition) is 2. The van der Waals surface area contributed by atoms with Crippen molar-refractivity contribution in [1.82, 2.24) is 5.32 Å². The van der Waals surface area contributed by atoms with E-state index in [9.17, 15) is 0 Å². The average Bonchev–Trinajstić information content (AvgIpc) is 2.83. The van der Waals surface area contributed by atoms with E-state index in [2.05, 4.69) is 42.6 Å². The van der Waals surface area contributed by atoms with E-state index in [1.54, 1.807) is 0 Å². The van der Waals surface area contributed by atoms with Crippen LogP contribution in [0.4, 0.5) is 0 Å². The van der Waals surface area contributed by atoms with Crippen molar-refractivity contribution in [1.29, 1.82) is 0 Å². The molecule has 1 heterocycles. The number of hydrogen-bond donors (Lipinski definition) is 1. The number of benzene rings is 2. The largest absolute Gasteiger partial charge is 0.302 e. The van der Waals surface area contributed by atoms with Crippen molar-refractivity contribution in [2.24, 2.45) is 0 Å². The molecular weight excluding hydrogens is 274 g/mol. The zero-order chi connectivity index (χ0) is 13.2. The summed E-state index contributed by atoms with van der Waals surface area (Å²) in [4.78, 5) is 1.39. The Morgan fingerprint density at radius 3 is 2.74 bits per heavy atom. The molecule has 2 atom stereocenters. The maximum absolute atomic E-state index is 6.26. The van der Waals surface area contributed by atoms with Gasteiger partial charge in [0.25, 0.3) is 0 Å². The molecule has 0 aromatic heterocycles. The highest BCUT2D eigenvalue weighted by Gasteiger charge is 2.24. The molecule has 0 amide bonds. The Morgan fingerprint density at radius 1 is 1.16 bits per heavy atom. The molecule has 2 aromatic carbocycles. The second-order valence-corrected chi connectivity index (χ2v) is 6.28. The zero-order valence-corrected chi connectivity index (χ0v) is 12.3. The molecule has 0 saturated heterocycles. The minimum Gasteiger partial charge on any atom is -0.302 e. The van der Waals surface area contributed by atoms with Crippen LogP contribution in [0.2, 0.25) is 5.02 Å². The molecule has 1 aliphatic rings. The minimum atomic E-state index is 0.255. The molecule has 1 unspecified atom stereocenters. The first-order chi connectivity index (χ1) is 9.25. The predicted molar refractivity (Wildman–Crippen MR) is 82.9 cm³/mol. The van der Waals surface area contributed by atoms with Crippen LogP contribution in [0, 0.1) is 0 Å². The normalized spacial score (nSPS) is 19.2. The Kier molecular flexibility index (Phi) is 3.83. The molecule has 0 fully saturated rings. The number of rotatable bonds is 3. The van der Waals surface area contributed by atoms with E-state index in [4.69, 9.17) is 11.6 Å². The fraction of sp³-hybridized carbons (Fsp3) is 0.250. The first-order valence-electron chi connectivity index (χ1n) is 6.48. The van der Waals surface area contributed by atoms with E-state index in [-0.39, 0.29) is 6.04 Å². The van der Waals surface area contributed by atoms with Gasteiger partial charge in [-0.2, -0.15) is 0 Å². The van der Waals surface area contributed by atoms with Gasteiger partial charge in [0.15, 0.2) is 0 Å². The van der Waals surface area contributed by atoms with Crippen molar-refractivity contribution in [3.05, 3.63) is 64.7 Å². The van der Waals surface area contributed by atoms with Gasteiger partial charge in [-0.25, -0.2) is 0 Å². The molecule has 0 aliphatic carbocycles. The van der Waals surface area contributed by atoms with Gasteiger partial charge in [-0.1, -0.05) is 48.0 Å². The van der Waals surface area contributed by atoms with Crippen molar-refractivity contribution in [2.75, 3.05) is 5.75 Å². The van der Waals surface area contributed by atoms with Gasteiger partial charge in [0.05, 0.1) is 0 Å². The summed E-state index contributed by atoms with van der Waals surface area (Å²) in [7, 11) is 0. The van der Waals surface area contributed by atoms with Gasteiger partial charge in [-0.3, -0.25) is 0 Å². The summed E-state index contributed by atoms with van der Waals surface area (Å²) in [5.41, 5.74) is 2.57. The molecule has 98 valence electrons. The molecule has 3 heteroatoms. The summed E-state index contributed by atoms with van der Waals surface area (Å²) in [6.07, 6.45) is 0. The smallest absolute Gasteiger partial charge is 0.0453 e. The fourth-order valence-electron chi connectivity index (χ4n) is 2.52. The first kappa shape index (κ1) is 13.0. The second kappa shape index (κ2) is 5.58. The van der Waals surface area contributed by atoms with Gasteiger partial charge in [-0.05, 0) is 30.2 Å². The summed E-state index contributed by atoms with van der Waals surface area (Å²) in [5, 5.41) is 4.52. The van der Waals surface area contributed by atoms with Crippen LogP contribution in [0.5, 0.6) is 0 Å². The van der Waals surface area contributed by atoms with Crippen LogP contribution in [-0.4, -0.2) is 5.75 Å². The van der Waals surface area contributed by atoms with Crippen LogP contribution < -0.4 is 5.32 Å². The minimum absolute atomic E-state index is 0.255. The lowest BCUT2D eigenvalue weighted by Crippen LogP contribution is -2.24. The zero-order valence-electron chi connectivity index (χ0n) is 10.8. The van der Waals surface area contributed by atoms with Crippen LogP contribution in [0.15, 0.2) is 53.4 Å². The van der Waals surface area contributed by atoms with Gasteiger partial charge in [0.1, 0.15) is 0 Å². The van der Waals surface area contributed by atoms with Crippen molar-refractivity contribution < 1.29 is 0 Å². The molecule has 0 bridgehead atoms. The molecule has 3 rings (SSSR count). The lowest BCUT2D eigenvalue weighted by molar-refractivity contribution is 0.501. The van der Waals surface area contributed by atoms with Crippen molar-refractivity contribution in [3.63, 3.8) is 0 Å². The van der Waals surface area contributed by atoms with E-state index in [0.717, 1.165) is 10.8 Å². The third-order valence-electron chi connectivity index (χ3n) is 3.52. The van der Waals surface area contributed by atoms with Gasteiger partial charge in [-0.15, -0.1) is 11.8 Å². The fourth-order valence-corrected chi connectivity index (χ4v) is 3.99. The van der Waals surface area contributed by atoms with E-state index in [1.807, 2.05) is 30.0 Å². The Labute approximate surface area is 123 Å². The third-order valence-corrected chi connectivity index (χ3v) is 5.05. The number of thioether (sulfide) groups is 1. The highest BCUT2D eigenvalue weighted by atomic mass is 35.5. The third kappa shape index (κ3) is 2.66. The predicted octanol–water partition coefficient (Wildman–Crippen LogP) is 4.84. The molecule has 1 nitrogen and oxygen atoms in total. The Morgan fingerprint density at radius 2 is 1.89 bits per heavy atom. The van der Waals surface area contributed by atoms with Gasteiger partial charge in [0, 0.05) is 27.8 Å². The second-order valence-electron chi connectivity index (χ2n) is 4.81. The summed E-state index contributed by atoms with van der Waals surface area (Å²) in [5.74, 6) is 1.09. The molecule has 0 saturated carbocycles. The SMILES string of the molecule is C[C@H](NC1CSc2ccccc21)c1ccccc1Cl. The van der Waals surface area contributed by atoms with Crippen molar-refractivity contribution in [2.45, 2.75) is 23.9 Å². The molecular formula is C16H16ClNS. The highest BCUT2D eigenvalue weighted by molar-refractivity contribution is 7.99. The number of halogens is 1. The lowest BCUT2D eigenvalue weighted by Gasteiger charge is -2.21. The van der Waals surface area contributed by atoms with E-state index in [0.29, 0.717) is 6.04 Å². The molecule has 19 heavy (non-hydrogen) atoms. The lowest BCUT2D eigenvalue weighted by atomic mass is 10.0. The number of fused-ring (bicyclic) bond motifs is 1. The maximum atomic E-state index is 6.26. The standard InChI is InChI=1S/C16H16ClNS/c1-11(12-6-2-4-8-14(12)17)18-15-10-19-16-9-5-3-7-13(15)16/h2-9,11,15,18H,10H2,1H3/t11-,15?/m0/s1. The summed E-state index contributed by atoms with van der Waals surface area (Å²) >= 11 is 8.18. The molecule has 1 aliphatic heterocycles. The van der Waals surface area contributed by atoms with Gasteiger partial charge >= 0.3 is 0 Å². The summed E-state index contributed by atoms with van der Waals surface area (Å²) in [6, 6.07) is 17.3. The molecule has 0 radical (unpaired) electrons. The maximum Gasteiger partial charge on any atom is 0.0453 e. The van der Waals surface area contributed by atoms with E-state index < -0.39 is 0 Å². The molecule has 0 spiro atoms. The van der Waals surface area contributed by atoms with Crippen molar-refractivity contribution >= 4 is 23.4 Å². The van der Waals surface area contributed by atoms with Gasteiger partial charge < -0.3 is 5.32 Å². The van der Waals surface area contributed by atoms with Gasteiger partial charge in [0.2, 0.25) is 0 Å². The van der Waals surface area contributed by atoms with Crippen molar-refractivity contribution in [3.8, 4) is 0 Å². The van der Waals surface area contributed by atoms with Crippen LogP contribution in [0.3, 0.4) is 0 Å². The van der Waals surface area contributed by atoms with Crippen LogP contribution in [-0.2, 0) is 0 Å².